The highest BCUT2D eigenvalue weighted by atomic mass is 16.6. The highest BCUT2D eigenvalue weighted by Gasteiger charge is 2.12. The summed E-state index contributed by atoms with van der Waals surface area (Å²) in [5.74, 6) is -1.50. The largest absolute Gasteiger partial charge is 0.466 e. The van der Waals surface area contributed by atoms with Gasteiger partial charge in [0.2, 0.25) is 5.91 Å². The van der Waals surface area contributed by atoms with Gasteiger partial charge in [-0.1, -0.05) is 6.07 Å². The Kier molecular flexibility index (Phi) is 7.18. The van der Waals surface area contributed by atoms with E-state index in [1.165, 1.54) is 18.2 Å². The van der Waals surface area contributed by atoms with Gasteiger partial charge in [-0.05, 0) is 13.0 Å². The van der Waals surface area contributed by atoms with Gasteiger partial charge >= 0.3 is 5.97 Å². The van der Waals surface area contributed by atoms with Crippen LogP contribution in [0.15, 0.2) is 24.3 Å². The number of ether oxygens (including phenoxy) is 1. The highest BCUT2D eigenvalue weighted by molar-refractivity contribution is 5.96. The number of carbonyl (C=O) groups excluding carboxylic acids is 3. The lowest BCUT2D eigenvalue weighted by Crippen LogP contribution is -2.37. The Balaban J connectivity index is 2.38. The molecular weight excluding hydrogens is 306 g/mol. The summed E-state index contributed by atoms with van der Waals surface area (Å²) in [5.41, 5.74) is -0.130. The molecule has 9 heteroatoms. The number of hydrogen-bond acceptors (Lipinski definition) is 6. The number of amides is 2. The van der Waals surface area contributed by atoms with Gasteiger partial charge in [0.05, 0.1) is 24.5 Å². The second-order valence-corrected chi connectivity index (χ2v) is 4.40. The van der Waals surface area contributed by atoms with Crippen molar-refractivity contribution in [2.75, 3.05) is 19.7 Å². The predicted octanol–water partition coefficient (Wildman–Crippen LogP) is 0.394. The average molecular weight is 323 g/mol. The Morgan fingerprint density at radius 2 is 2.00 bits per heavy atom. The molecule has 124 valence electrons. The minimum Gasteiger partial charge on any atom is -0.466 e. The molecule has 0 spiro atoms. The van der Waals surface area contributed by atoms with Crippen molar-refractivity contribution >= 4 is 23.5 Å². The van der Waals surface area contributed by atoms with Crippen LogP contribution in [0.1, 0.15) is 23.7 Å². The van der Waals surface area contributed by atoms with E-state index in [0.717, 1.165) is 6.07 Å². The summed E-state index contributed by atoms with van der Waals surface area (Å²) >= 11 is 0. The Morgan fingerprint density at radius 3 is 2.65 bits per heavy atom. The Labute approximate surface area is 132 Å². The fourth-order valence-electron chi connectivity index (χ4n) is 1.62. The second-order valence-electron chi connectivity index (χ2n) is 4.40. The predicted molar refractivity (Wildman–Crippen MR) is 79.7 cm³/mol. The van der Waals surface area contributed by atoms with Crippen LogP contribution in [-0.4, -0.2) is 42.4 Å². The van der Waals surface area contributed by atoms with E-state index >= 15 is 0 Å². The fraction of sp³-hybridized carbons (Fsp3) is 0.357. The monoisotopic (exact) mass is 323 g/mol. The van der Waals surface area contributed by atoms with Crippen LogP contribution in [0.5, 0.6) is 0 Å². The zero-order valence-electron chi connectivity index (χ0n) is 12.5. The molecule has 0 heterocycles. The molecule has 0 aliphatic carbocycles. The van der Waals surface area contributed by atoms with Gasteiger partial charge in [-0.2, -0.15) is 0 Å². The number of esters is 1. The normalized spacial score (nSPS) is 9.78. The van der Waals surface area contributed by atoms with E-state index in [1.54, 1.807) is 6.92 Å². The van der Waals surface area contributed by atoms with Gasteiger partial charge in [0.25, 0.3) is 11.6 Å². The molecule has 0 saturated carbocycles. The molecule has 2 amide bonds. The van der Waals surface area contributed by atoms with Gasteiger partial charge in [-0.3, -0.25) is 24.5 Å². The first kappa shape index (κ1) is 18.1. The standard InChI is InChI=1S/C14H17N3O6/c1-2-23-13(19)6-7-15-12(18)9-16-14(20)10-4-3-5-11(8-10)17(21)22/h3-5,8H,2,6-7,9H2,1H3,(H,15,18)(H,16,20). The van der Waals surface area contributed by atoms with Crippen LogP contribution in [0, 0.1) is 10.1 Å². The molecule has 9 nitrogen and oxygen atoms in total. The number of nitro groups is 1. The van der Waals surface area contributed by atoms with Crippen LogP contribution in [-0.2, 0) is 14.3 Å². The van der Waals surface area contributed by atoms with E-state index in [4.69, 9.17) is 4.74 Å². The minimum atomic E-state index is -0.612. The third kappa shape index (κ3) is 6.55. The maximum Gasteiger partial charge on any atom is 0.307 e. The van der Waals surface area contributed by atoms with Gasteiger partial charge in [0.1, 0.15) is 0 Å². The molecule has 1 aromatic rings. The van der Waals surface area contributed by atoms with Crippen molar-refractivity contribution in [2.24, 2.45) is 0 Å². The van der Waals surface area contributed by atoms with Crippen LogP contribution in [0.25, 0.3) is 0 Å². The van der Waals surface area contributed by atoms with E-state index in [1.807, 2.05) is 0 Å². The Hall–Kier alpha value is -2.97. The maximum absolute atomic E-state index is 11.8. The summed E-state index contributed by atoms with van der Waals surface area (Å²) in [7, 11) is 0. The first-order chi connectivity index (χ1) is 10.9. The smallest absolute Gasteiger partial charge is 0.307 e. The van der Waals surface area contributed by atoms with Crippen molar-refractivity contribution in [3.05, 3.63) is 39.9 Å². The number of hydrogen-bond donors (Lipinski definition) is 2. The molecule has 0 radical (unpaired) electrons. The number of rotatable bonds is 8. The SMILES string of the molecule is CCOC(=O)CCNC(=O)CNC(=O)c1cccc([N+](=O)[O-])c1. The van der Waals surface area contributed by atoms with E-state index < -0.39 is 22.7 Å². The highest BCUT2D eigenvalue weighted by Crippen LogP contribution is 2.12. The summed E-state index contributed by atoms with van der Waals surface area (Å²) in [5, 5.41) is 15.4. The van der Waals surface area contributed by atoms with Crippen LogP contribution >= 0.6 is 0 Å². The summed E-state index contributed by atoms with van der Waals surface area (Å²) in [6.07, 6.45) is 0.0401. The molecule has 0 aromatic heterocycles. The van der Waals surface area contributed by atoms with Gasteiger partial charge in [-0.15, -0.1) is 0 Å². The van der Waals surface area contributed by atoms with Crippen LogP contribution in [0.4, 0.5) is 5.69 Å². The number of nitro benzene ring substituents is 1. The first-order valence-electron chi connectivity index (χ1n) is 6.89. The quantitative estimate of drug-likeness (QED) is 0.405. The molecule has 0 aliphatic rings. The van der Waals surface area contributed by atoms with Crippen molar-refractivity contribution in [1.82, 2.24) is 10.6 Å². The molecule has 0 fully saturated rings. The minimum absolute atomic E-state index is 0.0401. The summed E-state index contributed by atoms with van der Waals surface area (Å²) in [4.78, 5) is 44.4. The van der Waals surface area contributed by atoms with Crippen molar-refractivity contribution in [3.8, 4) is 0 Å². The zero-order valence-corrected chi connectivity index (χ0v) is 12.5. The van der Waals surface area contributed by atoms with Crippen molar-refractivity contribution in [3.63, 3.8) is 0 Å². The molecule has 0 aliphatic heterocycles. The molecule has 2 N–H and O–H groups in total. The van der Waals surface area contributed by atoms with E-state index in [-0.39, 0.29) is 37.4 Å². The number of nitrogens with zero attached hydrogens (tertiary/aromatic N) is 1. The maximum atomic E-state index is 11.8. The van der Waals surface area contributed by atoms with Crippen LogP contribution in [0.3, 0.4) is 0 Å². The van der Waals surface area contributed by atoms with Crippen LogP contribution < -0.4 is 10.6 Å². The third-order valence-corrected chi connectivity index (χ3v) is 2.69. The molecule has 1 rings (SSSR count). The average Bonchev–Trinajstić information content (AvgIpc) is 2.53. The molecular formula is C14H17N3O6. The molecule has 0 bridgehead atoms. The Bertz CT molecular complexity index is 602. The number of nitrogens with one attached hydrogen (secondary N) is 2. The lowest BCUT2D eigenvalue weighted by molar-refractivity contribution is -0.384. The van der Waals surface area contributed by atoms with Crippen LogP contribution in [0.2, 0.25) is 0 Å². The zero-order chi connectivity index (χ0) is 17.2. The van der Waals surface area contributed by atoms with Gasteiger partial charge in [0, 0.05) is 24.2 Å². The summed E-state index contributed by atoms with van der Waals surface area (Å²) < 4.78 is 4.70. The van der Waals surface area contributed by atoms with Crippen molar-refractivity contribution < 1.29 is 24.0 Å². The van der Waals surface area contributed by atoms with E-state index in [2.05, 4.69) is 10.6 Å². The van der Waals surface area contributed by atoms with E-state index in [9.17, 15) is 24.5 Å². The van der Waals surface area contributed by atoms with Gasteiger partial charge in [-0.25, -0.2) is 0 Å². The molecule has 23 heavy (non-hydrogen) atoms. The van der Waals surface area contributed by atoms with Crippen molar-refractivity contribution in [2.45, 2.75) is 13.3 Å². The third-order valence-electron chi connectivity index (χ3n) is 2.69. The topological polar surface area (TPSA) is 128 Å². The fourth-order valence-corrected chi connectivity index (χ4v) is 1.62. The molecule has 0 unspecified atom stereocenters. The van der Waals surface area contributed by atoms with Gasteiger partial charge < -0.3 is 15.4 Å². The number of benzene rings is 1. The van der Waals surface area contributed by atoms with Crippen molar-refractivity contribution in [1.29, 1.82) is 0 Å². The molecule has 1 aromatic carbocycles. The second kappa shape index (κ2) is 9.13. The molecule has 0 saturated heterocycles. The lowest BCUT2D eigenvalue weighted by Gasteiger charge is -2.07. The number of carbonyl (C=O) groups is 3. The van der Waals surface area contributed by atoms with E-state index in [0.29, 0.717) is 0 Å². The lowest BCUT2D eigenvalue weighted by atomic mass is 10.2. The Morgan fingerprint density at radius 1 is 1.26 bits per heavy atom. The first-order valence-corrected chi connectivity index (χ1v) is 6.89. The number of non-ortho nitro benzene ring substituents is 1. The summed E-state index contributed by atoms with van der Waals surface area (Å²) in [6, 6.07) is 5.17. The van der Waals surface area contributed by atoms with Gasteiger partial charge in [0.15, 0.2) is 0 Å². The summed E-state index contributed by atoms with van der Waals surface area (Å²) in [6.45, 7) is 1.75. The molecule has 0 atom stereocenters.